The maximum atomic E-state index is 4.28. The zero-order chi connectivity index (χ0) is 18.8. The Morgan fingerprint density at radius 3 is 2.43 bits per heavy atom. The molecule has 3 fully saturated rings. The Bertz CT molecular complexity index is 749. The summed E-state index contributed by atoms with van der Waals surface area (Å²) in [5.41, 5.74) is 3.37. The number of hydrogen-bond donors (Lipinski definition) is 0. The van der Waals surface area contributed by atoms with Crippen molar-refractivity contribution < 1.29 is 0 Å². The molecule has 1 aliphatic carbocycles. The van der Waals surface area contributed by atoms with Crippen LogP contribution in [0.3, 0.4) is 0 Å². The Morgan fingerprint density at radius 1 is 0.929 bits per heavy atom. The van der Waals surface area contributed by atoms with Gasteiger partial charge < -0.3 is 0 Å². The molecule has 2 aromatic rings. The number of piperidine rings is 1. The van der Waals surface area contributed by atoms with Crippen molar-refractivity contribution in [3.63, 3.8) is 0 Å². The number of nitrogens with zero attached hydrogens (tertiary/aromatic N) is 4. The minimum atomic E-state index is 0.534. The van der Waals surface area contributed by atoms with Gasteiger partial charge in [0.25, 0.3) is 0 Å². The van der Waals surface area contributed by atoms with Gasteiger partial charge in [0.1, 0.15) is 0 Å². The molecule has 148 valence electrons. The predicted molar refractivity (Wildman–Crippen MR) is 112 cm³/mol. The molecule has 1 saturated carbocycles. The van der Waals surface area contributed by atoms with Crippen molar-refractivity contribution >= 4 is 0 Å². The summed E-state index contributed by atoms with van der Waals surface area (Å²) < 4.78 is 0. The first kappa shape index (κ1) is 18.3. The van der Waals surface area contributed by atoms with Crippen LogP contribution in [0.25, 0.3) is 0 Å². The molecule has 1 unspecified atom stereocenters. The zero-order valence-electron chi connectivity index (χ0n) is 16.8. The Hall–Kier alpha value is -1.78. The first-order valence-corrected chi connectivity index (χ1v) is 11.1. The molecular weight excluding hydrogens is 344 g/mol. The van der Waals surface area contributed by atoms with Crippen LogP contribution in [-0.4, -0.2) is 45.4 Å². The van der Waals surface area contributed by atoms with E-state index in [0.717, 1.165) is 12.6 Å². The van der Waals surface area contributed by atoms with E-state index in [2.05, 4.69) is 38.0 Å². The quantitative estimate of drug-likeness (QED) is 0.789. The first-order valence-electron chi connectivity index (χ1n) is 11.1. The number of rotatable bonds is 4. The summed E-state index contributed by atoms with van der Waals surface area (Å²) >= 11 is 0. The van der Waals surface area contributed by atoms with Gasteiger partial charge in [0, 0.05) is 55.4 Å². The Morgan fingerprint density at radius 2 is 1.71 bits per heavy atom. The lowest BCUT2D eigenvalue weighted by Crippen LogP contribution is -2.63. The van der Waals surface area contributed by atoms with Gasteiger partial charge >= 0.3 is 0 Å². The van der Waals surface area contributed by atoms with Crippen LogP contribution in [0, 0.1) is 5.41 Å². The molecule has 4 heteroatoms. The third-order valence-corrected chi connectivity index (χ3v) is 7.44. The summed E-state index contributed by atoms with van der Waals surface area (Å²) in [4.78, 5) is 14.0. The zero-order valence-corrected chi connectivity index (χ0v) is 16.8. The second kappa shape index (κ2) is 7.92. The highest BCUT2D eigenvalue weighted by Gasteiger charge is 2.54. The number of hydrogen-bond acceptors (Lipinski definition) is 4. The molecule has 3 aliphatic rings. The molecule has 2 aromatic heterocycles. The molecule has 0 radical (unpaired) electrons. The van der Waals surface area contributed by atoms with Crippen molar-refractivity contribution in [3.8, 4) is 0 Å². The van der Waals surface area contributed by atoms with Gasteiger partial charge in [0.05, 0.1) is 0 Å². The van der Waals surface area contributed by atoms with Crippen LogP contribution < -0.4 is 0 Å². The Balaban J connectivity index is 1.26. The van der Waals surface area contributed by atoms with Gasteiger partial charge in [0.15, 0.2) is 0 Å². The van der Waals surface area contributed by atoms with Crippen LogP contribution in [0.15, 0.2) is 49.1 Å². The van der Waals surface area contributed by atoms with Gasteiger partial charge in [-0.25, -0.2) is 0 Å². The summed E-state index contributed by atoms with van der Waals surface area (Å²) in [6.07, 6.45) is 17.5. The fourth-order valence-corrected chi connectivity index (χ4v) is 6.06. The van der Waals surface area contributed by atoms with Crippen molar-refractivity contribution in [2.45, 2.75) is 63.6 Å². The summed E-state index contributed by atoms with van der Waals surface area (Å²) in [6.45, 7) is 4.75. The van der Waals surface area contributed by atoms with Gasteiger partial charge in [-0.2, -0.15) is 0 Å². The van der Waals surface area contributed by atoms with Crippen LogP contribution in [0.4, 0.5) is 0 Å². The second-order valence-corrected chi connectivity index (χ2v) is 9.15. The van der Waals surface area contributed by atoms with Crippen molar-refractivity contribution in [1.29, 1.82) is 0 Å². The summed E-state index contributed by atoms with van der Waals surface area (Å²) in [5.74, 6) is 0. The van der Waals surface area contributed by atoms with Crippen LogP contribution in [0.1, 0.15) is 62.1 Å². The van der Waals surface area contributed by atoms with E-state index in [1.54, 1.807) is 0 Å². The van der Waals surface area contributed by atoms with Gasteiger partial charge in [-0.1, -0.05) is 25.3 Å². The third kappa shape index (κ3) is 3.48. The fraction of sp³-hybridized carbons (Fsp3) is 0.583. The van der Waals surface area contributed by atoms with E-state index in [4.69, 9.17) is 0 Å². The van der Waals surface area contributed by atoms with Crippen molar-refractivity contribution in [2.75, 3.05) is 19.6 Å². The van der Waals surface area contributed by atoms with Crippen molar-refractivity contribution in [2.24, 2.45) is 5.41 Å². The molecule has 0 amide bonds. The van der Waals surface area contributed by atoms with Crippen LogP contribution in [-0.2, 0) is 6.54 Å². The average Bonchev–Trinajstić information content (AvgIpc) is 2.75. The maximum absolute atomic E-state index is 4.28. The highest BCUT2D eigenvalue weighted by atomic mass is 15.3. The lowest BCUT2D eigenvalue weighted by atomic mass is 9.60. The van der Waals surface area contributed by atoms with E-state index in [-0.39, 0.29) is 0 Å². The van der Waals surface area contributed by atoms with E-state index in [9.17, 15) is 0 Å². The Kier molecular flexibility index (Phi) is 5.17. The molecule has 2 saturated heterocycles. The lowest BCUT2D eigenvalue weighted by Gasteiger charge is -2.63. The van der Waals surface area contributed by atoms with E-state index in [1.807, 2.05) is 30.9 Å². The van der Waals surface area contributed by atoms with Crippen molar-refractivity contribution in [1.82, 2.24) is 19.8 Å². The molecule has 4 heterocycles. The summed E-state index contributed by atoms with van der Waals surface area (Å²) in [6, 6.07) is 10.1. The van der Waals surface area contributed by atoms with Gasteiger partial charge in [-0.15, -0.1) is 0 Å². The predicted octanol–water partition coefficient (Wildman–Crippen LogP) is 4.45. The molecule has 4 nitrogen and oxygen atoms in total. The number of likely N-dealkylation sites (tertiary alicyclic amines) is 2. The highest BCUT2D eigenvalue weighted by molar-refractivity contribution is 5.25. The minimum absolute atomic E-state index is 0.534. The number of pyridine rings is 2. The minimum Gasteiger partial charge on any atom is -0.299 e. The highest BCUT2D eigenvalue weighted by Crippen LogP contribution is 2.58. The summed E-state index contributed by atoms with van der Waals surface area (Å²) in [7, 11) is 0. The van der Waals surface area contributed by atoms with Crippen LogP contribution in [0.5, 0.6) is 0 Å². The molecule has 28 heavy (non-hydrogen) atoms. The summed E-state index contributed by atoms with van der Waals surface area (Å²) in [5, 5.41) is 0. The SMILES string of the molecule is c1cncc(CN2CCC(N3CC4(CCCCC4)C3c3ccncc3)CC2)c1. The normalized spacial score (nSPS) is 26.2. The fourth-order valence-electron chi connectivity index (χ4n) is 6.06. The van der Waals surface area contributed by atoms with Crippen molar-refractivity contribution in [3.05, 3.63) is 60.2 Å². The second-order valence-electron chi connectivity index (χ2n) is 9.15. The molecule has 0 N–H and O–H groups in total. The third-order valence-electron chi connectivity index (χ3n) is 7.44. The van der Waals surface area contributed by atoms with E-state index in [0.29, 0.717) is 11.5 Å². The molecule has 1 spiro atoms. The monoisotopic (exact) mass is 376 g/mol. The average molecular weight is 377 g/mol. The van der Waals surface area contributed by atoms with E-state index in [1.165, 1.54) is 75.7 Å². The molecular formula is C24H32N4. The van der Waals surface area contributed by atoms with Crippen LogP contribution in [0.2, 0.25) is 0 Å². The Labute approximate surface area is 169 Å². The smallest absolute Gasteiger partial charge is 0.0420 e. The molecule has 2 aliphatic heterocycles. The van der Waals surface area contributed by atoms with Gasteiger partial charge in [0.2, 0.25) is 0 Å². The van der Waals surface area contributed by atoms with Gasteiger partial charge in [-0.3, -0.25) is 19.8 Å². The number of aromatic nitrogens is 2. The topological polar surface area (TPSA) is 32.3 Å². The van der Waals surface area contributed by atoms with E-state index < -0.39 is 0 Å². The molecule has 1 atom stereocenters. The van der Waals surface area contributed by atoms with Gasteiger partial charge in [-0.05, 0) is 68.1 Å². The molecule has 0 bridgehead atoms. The largest absolute Gasteiger partial charge is 0.299 e. The molecule has 0 aromatic carbocycles. The van der Waals surface area contributed by atoms with Crippen LogP contribution >= 0.6 is 0 Å². The first-order chi connectivity index (χ1) is 13.8. The lowest BCUT2D eigenvalue weighted by molar-refractivity contribution is -0.133. The van der Waals surface area contributed by atoms with E-state index >= 15 is 0 Å². The molecule has 5 rings (SSSR count). The maximum Gasteiger partial charge on any atom is 0.0420 e. The standard InChI is InChI=1S/C24H32N4/c1-2-10-24(11-3-1)19-28(23(24)21-6-13-25-14-7-21)22-8-15-27(16-9-22)18-20-5-4-12-26-17-20/h4-7,12-14,17,22-23H,1-3,8-11,15-16,18-19H2.